The summed E-state index contributed by atoms with van der Waals surface area (Å²) in [6.45, 7) is 6.27. The Morgan fingerprint density at radius 2 is 2.07 bits per heavy atom. The Labute approximate surface area is 98.3 Å². The fourth-order valence-electron chi connectivity index (χ4n) is 1.47. The SMILES string of the molecule is CCNCCNCc1cc2sccc2s1. The Morgan fingerprint density at radius 3 is 2.87 bits per heavy atom. The van der Waals surface area contributed by atoms with Gasteiger partial charge in [0.1, 0.15) is 0 Å². The van der Waals surface area contributed by atoms with Crippen LogP contribution in [-0.2, 0) is 6.54 Å². The zero-order chi connectivity index (χ0) is 10.5. The molecular weight excluding hydrogens is 224 g/mol. The lowest BCUT2D eigenvalue weighted by molar-refractivity contribution is 0.628. The maximum Gasteiger partial charge on any atom is 0.0453 e. The van der Waals surface area contributed by atoms with Gasteiger partial charge in [-0.05, 0) is 24.1 Å². The van der Waals surface area contributed by atoms with Crippen molar-refractivity contribution < 1.29 is 0 Å². The highest BCUT2D eigenvalue weighted by molar-refractivity contribution is 7.26. The van der Waals surface area contributed by atoms with Crippen LogP contribution in [0.1, 0.15) is 11.8 Å². The van der Waals surface area contributed by atoms with Crippen molar-refractivity contribution in [1.82, 2.24) is 10.6 Å². The van der Waals surface area contributed by atoms with Gasteiger partial charge in [-0.25, -0.2) is 0 Å². The van der Waals surface area contributed by atoms with Crippen LogP contribution >= 0.6 is 22.7 Å². The number of hydrogen-bond donors (Lipinski definition) is 2. The summed E-state index contributed by atoms with van der Waals surface area (Å²) in [5.41, 5.74) is 0. The molecule has 0 spiro atoms. The van der Waals surface area contributed by atoms with Crippen LogP contribution in [-0.4, -0.2) is 19.6 Å². The highest BCUT2D eigenvalue weighted by atomic mass is 32.1. The average Bonchev–Trinajstić information content (AvgIpc) is 2.77. The Hall–Kier alpha value is -0.420. The van der Waals surface area contributed by atoms with Crippen molar-refractivity contribution in [1.29, 1.82) is 0 Å². The third-order valence-electron chi connectivity index (χ3n) is 2.22. The molecule has 0 aliphatic rings. The van der Waals surface area contributed by atoms with Gasteiger partial charge >= 0.3 is 0 Å². The summed E-state index contributed by atoms with van der Waals surface area (Å²) < 4.78 is 2.84. The smallest absolute Gasteiger partial charge is 0.0453 e. The molecule has 4 heteroatoms. The zero-order valence-electron chi connectivity index (χ0n) is 8.88. The van der Waals surface area contributed by atoms with Crippen molar-refractivity contribution in [2.75, 3.05) is 19.6 Å². The zero-order valence-corrected chi connectivity index (χ0v) is 10.5. The van der Waals surface area contributed by atoms with Crippen LogP contribution in [0.3, 0.4) is 0 Å². The van der Waals surface area contributed by atoms with Gasteiger partial charge in [0, 0.05) is 33.9 Å². The fourth-order valence-corrected chi connectivity index (χ4v) is 3.57. The van der Waals surface area contributed by atoms with Gasteiger partial charge < -0.3 is 10.6 Å². The first-order chi connectivity index (χ1) is 7.40. The second kappa shape index (κ2) is 5.61. The number of thiophene rings is 2. The first kappa shape index (κ1) is 11.1. The highest BCUT2D eigenvalue weighted by Crippen LogP contribution is 2.29. The van der Waals surface area contributed by atoms with E-state index in [0.29, 0.717) is 0 Å². The molecule has 0 aromatic carbocycles. The van der Waals surface area contributed by atoms with Crippen molar-refractivity contribution in [3.05, 3.63) is 22.4 Å². The summed E-state index contributed by atoms with van der Waals surface area (Å²) in [6.07, 6.45) is 0. The third kappa shape index (κ3) is 3.01. The largest absolute Gasteiger partial charge is 0.316 e. The number of likely N-dealkylation sites (N-methyl/N-ethyl adjacent to an activating group) is 1. The second-order valence-electron chi connectivity index (χ2n) is 3.39. The van der Waals surface area contributed by atoms with Gasteiger partial charge in [0.2, 0.25) is 0 Å². The van der Waals surface area contributed by atoms with E-state index in [2.05, 4.69) is 35.1 Å². The van der Waals surface area contributed by atoms with Crippen molar-refractivity contribution in [2.24, 2.45) is 0 Å². The maximum atomic E-state index is 3.44. The molecule has 0 amide bonds. The Balaban J connectivity index is 1.77. The first-order valence-corrected chi connectivity index (χ1v) is 6.97. The van der Waals surface area contributed by atoms with Crippen LogP contribution in [0.2, 0.25) is 0 Å². The van der Waals surface area contributed by atoms with Gasteiger partial charge in [-0.1, -0.05) is 6.92 Å². The highest BCUT2D eigenvalue weighted by Gasteiger charge is 2.01. The van der Waals surface area contributed by atoms with Crippen molar-refractivity contribution in [3.8, 4) is 0 Å². The summed E-state index contributed by atoms with van der Waals surface area (Å²) in [6, 6.07) is 4.50. The summed E-state index contributed by atoms with van der Waals surface area (Å²) in [4.78, 5) is 1.44. The Kier molecular flexibility index (Phi) is 4.14. The predicted octanol–water partition coefficient (Wildman–Crippen LogP) is 2.66. The van der Waals surface area contributed by atoms with E-state index in [1.165, 1.54) is 14.3 Å². The normalized spacial score (nSPS) is 11.3. The van der Waals surface area contributed by atoms with E-state index >= 15 is 0 Å². The molecule has 0 fully saturated rings. The van der Waals surface area contributed by atoms with Crippen LogP contribution in [0.25, 0.3) is 9.40 Å². The number of hydrogen-bond acceptors (Lipinski definition) is 4. The molecule has 0 saturated heterocycles. The van der Waals surface area contributed by atoms with Gasteiger partial charge in [-0.15, -0.1) is 22.7 Å². The lowest BCUT2D eigenvalue weighted by Crippen LogP contribution is -2.26. The minimum atomic E-state index is 0.997. The molecule has 0 unspecified atom stereocenters. The molecule has 2 aromatic heterocycles. The van der Waals surface area contributed by atoms with Gasteiger partial charge in [-0.3, -0.25) is 0 Å². The molecule has 2 heterocycles. The molecule has 82 valence electrons. The molecule has 2 nitrogen and oxygen atoms in total. The van der Waals surface area contributed by atoms with E-state index < -0.39 is 0 Å². The van der Waals surface area contributed by atoms with Crippen LogP contribution in [0.4, 0.5) is 0 Å². The third-order valence-corrected chi connectivity index (χ3v) is 4.31. The molecule has 0 aliphatic heterocycles. The van der Waals surface area contributed by atoms with E-state index in [1.54, 1.807) is 0 Å². The van der Waals surface area contributed by atoms with E-state index in [4.69, 9.17) is 0 Å². The number of rotatable bonds is 6. The van der Waals surface area contributed by atoms with Crippen LogP contribution in [0.5, 0.6) is 0 Å². The quantitative estimate of drug-likeness (QED) is 0.759. The Morgan fingerprint density at radius 1 is 1.20 bits per heavy atom. The molecule has 0 atom stereocenters. The summed E-state index contributed by atoms with van der Waals surface area (Å²) in [5.74, 6) is 0. The first-order valence-electron chi connectivity index (χ1n) is 5.27. The van der Waals surface area contributed by atoms with Gasteiger partial charge in [-0.2, -0.15) is 0 Å². The average molecular weight is 240 g/mol. The molecule has 15 heavy (non-hydrogen) atoms. The van der Waals surface area contributed by atoms with Gasteiger partial charge in [0.05, 0.1) is 0 Å². The number of fused-ring (bicyclic) bond motifs is 1. The predicted molar refractivity (Wildman–Crippen MR) is 70.0 cm³/mol. The fraction of sp³-hybridized carbons (Fsp3) is 0.455. The lowest BCUT2D eigenvalue weighted by Gasteiger charge is -2.02. The minimum Gasteiger partial charge on any atom is -0.316 e. The van der Waals surface area contributed by atoms with Crippen LogP contribution in [0, 0.1) is 0 Å². The molecule has 0 bridgehead atoms. The molecule has 2 aromatic rings. The van der Waals surface area contributed by atoms with E-state index in [9.17, 15) is 0 Å². The van der Waals surface area contributed by atoms with E-state index in [1.807, 2.05) is 22.7 Å². The van der Waals surface area contributed by atoms with Crippen LogP contribution in [0.15, 0.2) is 17.5 Å². The molecular formula is C11H16N2S2. The summed E-state index contributed by atoms with van der Waals surface area (Å²) in [5, 5.41) is 8.90. The maximum absolute atomic E-state index is 3.44. The van der Waals surface area contributed by atoms with Crippen molar-refractivity contribution in [3.63, 3.8) is 0 Å². The molecule has 0 aliphatic carbocycles. The lowest BCUT2D eigenvalue weighted by atomic mass is 10.4. The number of nitrogens with one attached hydrogen (secondary N) is 2. The van der Waals surface area contributed by atoms with Gasteiger partial charge in [0.25, 0.3) is 0 Å². The minimum absolute atomic E-state index is 0.997. The van der Waals surface area contributed by atoms with Gasteiger partial charge in [0.15, 0.2) is 0 Å². The summed E-state index contributed by atoms with van der Waals surface area (Å²) in [7, 11) is 0. The van der Waals surface area contributed by atoms with E-state index in [0.717, 1.165) is 26.2 Å². The molecule has 0 saturated carbocycles. The van der Waals surface area contributed by atoms with E-state index in [-0.39, 0.29) is 0 Å². The van der Waals surface area contributed by atoms with Crippen molar-refractivity contribution in [2.45, 2.75) is 13.5 Å². The Bertz CT molecular complexity index is 377. The molecule has 2 rings (SSSR count). The molecule has 0 radical (unpaired) electrons. The monoisotopic (exact) mass is 240 g/mol. The van der Waals surface area contributed by atoms with Crippen LogP contribution < -0.4 is 10.6 Å². The topological polar surface area (TPSA) is 24.1 Å². The van der Waals surface area contributed by atoms with Crippen molar-refractivity contribution >= 4 is 32.1 Å². The summed E-state index contributed by atoms with van der Waals surface area (Å²) >= 11 is 3.72. The second-order valence-corrected chi connectivity index (χ2v) is 5.51. The molecule has 2 N–H and O–H groups in total. The standard InChI is InChI=1S/C11H16N2S2/c1-2-12-4-5-13-8-9-7-11-10(15-9)3-6-14-11/h3,6-7,12-13H,2,4-5,8H2,1H3.